The van der Waals surface area contributed by atoms with Crippen molar-refractivity contribution < 1.29 is 27.9 Å². The second-order valence-corrected chi connectivity index (χ2v) is 4.49. The Bertz CT molecular complexity index is 493. The number of hydrogen-bond donors (Lipinski definition) is 2. The molecule has 0 aliphatic carbocycles. The van der Waals surface area contributed by atoms with Gasteiger partial charge in [-0.2, -0.15) is 13.2 Å². The van der Waals surface area contributed by atoms with Crippen molar-refractivity contribution in [1.82, 2.24) is 10.3 Å². The van der Waals surface area contributed by atoms with E-state index < -0.39 is 40.2 Å². The van der Waals surface area contributed by atoms with Crippen LogP contribution >= 0.6 is 11.8 Å². The SMILES string of the molecule is C[C@H](NC(=O)c1cccnc1SC(F)(F)F)C(=O)O. The van der Waals surface area contributed by atoms with E-state index in [1.54, 1.807) is 0 Å². The molecule has 1 atom stereocenters. The number of nitrogens with one attached hydrogen (secondary N) is 1. The molecule has 0 fully saturated rings. The zero-order valence-corrected chi connectivity index (χ0v) is 10.4. The van der Waals surface area contributed by atoms with Crippen molar-refractivity contribution in [2.75, 3.05) is 0 Å². The first-order chi connectivity index (χ1) is 8.70. The third-order valence-corrected chi connectivity index (χ3v) is 2.70. The molecule has 0 saturated carbocycles. The smallest absolute Gasteiger partial charge is 0.447 e. The topological polar surface area (TPSA) is 79.3 Å². The fourth-order valence-electron chi connectivity index (χ4n) is 1.09. The lowest BCUT2D eigenvalue weighted by Crippen LogP contribution is -2.38. The van der Waals surface area contributed by atoms with Gasteiger partial charge in [0.2, 0.25) is 0 Å². The third kappa shape index (κ3) is 4.78. The lowest BCUT2D eigenvalue weighted by atomic mass is 10.2. The van der Waals surface area contributed by atoms with Crippen LogP contribution in [0.4, 0.5) is 13.2 Å². The molecule has 9 heteroatoms. The van der Waals surface area contributed by atoms with E-state index in [1.165, 1.54) is 13.0 Å². The van der Waals surface area contributed by atoms with Crippen molar-refractivity contribution in [2.24, 2.45) is 0 Å². The van der Waals surface area contributed by atoms with E-state index in [0.29, 0.717) is 0 Å². The lowest BCUT2D eigenvalue weighted by Gasteiger charge is -2.12. The van der Waals surface area contributed by atoms with Crippen LogP contribution in [0.3, 0.4) is 0 Å². The molecular weight excluding hydrogens is 285 g/mol. The number of rotatable bonds is 4. The first kappa shape index (κ1) is 15.3. The van der Waals surface area contributed by atoms with Crippen molar-refractivity contribution in [3.05, 3.63) is 23.9 Å². The summed E-state index contributed by atoms with van der Waals surface area (Å²) in [7, 11) is 0. The van der Waals surface area contributed by atoms with Crippen LogP contribution in [0.5, 0.6) is 0 Å². The Balaban J connectivity index is 2.94. The van der Waals surface area contributed by atoms with Gasteiger partial charge in [0, 0.05) is 18.0 Å². The number of carbonyl (C=O) groups excluding carboxylic acids is 1. The minimum atomic E-state index is -4.58. The molecule has 104 valence electrons. The summed E-state index contributed by atoms with van der Waals surface area (Å²) in [6.45, 7) is 1.20. The molecule has 2 N–H and O–H groups in total. The van der Waals surface area contributed by atoms with Crippen molar-refractivity contribution >= 4 is 23.6 Å². The van der Waals surface area contributed by atoms with Gasteiger partial charge < -0.3 is 10.4 Å². The van der Waals surface area contributed by atoms with Crippen molar-refractivity contribution in [3.8, 4) is 0 Å². The molecule has 0 saturated heterocycles. The fraction of sp³-hybridized carbons (Fsp3) is 0.300. The maximum atomic E-state index is 12.3. The van der Waals surface area contributed by atoms with Crippen LogP contribution in [0.15, 0.2) is 23.4 Å². The number of carboxylic acid groups (broad SMARTS) is 1. The highest BCUT2D eigenvalue weighted by Gasteiger charge is 2.32. The largest absolute Gasteiger partial charge is 0.480 e. The summed E-state index contributed by atoms with van der Waals surface area (Å²) < 4.78 is 36.8. The minimum absolute atomic E-state index is 0.321. The van der Waals surface area contributed by atoms with Crippen LogP contribution in [0.2, 0.25) is 0 Å². The van der Waals surface area contributed by atoms with Gasteiger partial charge in [-0.05, 0) is 19.1 Å². The zero-order chi connectivity index (χ0) is 14.6. The van der Waals surface area contributed by atoms with Gasteiger partial charge in [0.05, 0.1) is 5.56 Å². The molecular formula is C10H9F3N2O3S. The number of thioether (sulfide) groups is 1. The standard InChI is InChI=1S/C10H9F3N2O3S/c1-5(9(17)18)15-7(16)6-3-2-4-14-8(6)19-10(11,12)13/h2-5H,1H3,(H,15,16)(H,17,18)/t5-/m0/s1. The number of alkyl halides is 3. The van der Waals surface area contributed by atoms with Crippen LogP contribution in [0.25, 0.3) is 0 Å². The maximum Gasteiger partial charge on any atom is 0.447 e. The number of hydrogen-bond acceptors (Lipinski definition) is 4. The van der Waals surface area contributed by atoms with E-state index in [-0.39, 0.29) is 5.56 Å². The van der Waals surface area contributed by atoms with Gasteiger partial charge in [-0.15, -0.1) is 0 Å². The van der Waals surface area contributed by atoms with Crippen LogP contribution in [-0.4, -0.2) is 33.5 Å². The highest BCUT2D eigenvalue weighted by molar-refractivity contribution is 8.00. The van der Waals surface area contributed by atoms with Gasteiger partial charge in [-0.1, -0.05) is 0 Å². The highest BCUT2D eigenvalue weighted by atomic mass is 32.2. The Hall–Kier alpha value is -1.77. The van der Waals surface area contributed by atoms with Crippen molar-refractivity contribution in [3.63, 3.8) is 0 Å². The molecule has 0 bridgehead atoms. The van der Waals surface area contributed by atoms with E-state index in [9.17, 15) is 22.8 Å². The second-order valence-electron chi connectivity index (χ2n) is 3.44. The van der Waals surface area contributed by atoms with Gasteiger partial charge in [0.15, 0.2) is 0 Å². The molecule has 1 aromatic rings. The monoisotopic (exact) mass is 294 g/mol. The summed E-state index contributed by atoms with van der Waals surface area (Å²) in [6.07, 6.45) is 1.12. The molecule has 1 aromatic heterocycles. The Morgan fingerprint density at radius 3 is 2.63 bits per heavy atom. The summed E-state index contributed by atoms with van der Waals surface area (Å²) in [6, 6.07) is 1.22. The molecule has 1 rings (SSSR count). The van der Waals surface area contributed by atoms with Crippen LogP contribution in [0, 0.1) is 0 Å². The quantitative estimate of drug-likeness (QED) is 0.829. The van der Waals surface area contributed by atoms with E-state index in [1.807, 2.05) is 0 Å². The zero-order valence-electron chi connectivity index (χ0n) is 9.56. The summed E-state index contributed by atoms with van der Waals surface area (Å²) in [5.41, 5.74) is -4.90. The highest BCUT2D eigenvalue weighted by Crippen LogP contribution is 2.37. The summed E-state index contributed by atoms with van der Waals surface area (Å²) in [5, 5.41) is 10.2. The van der Waals surface area contributed by atoms with Crippen molar-refractivity contribution in [1.29, 1.82) is 0 Å². The second kappa shape index (κ2) is 5.91. The number of aromatic nitrogens is 1. The van der Waals surface area contributed by atoms with Gasteiger partial charge in [0.25, 0.3) is 5.91 Å². The normalized spacial score (nSPS) is 12.8. The Morgan fingerprint density at radius 2 is 2.11 bits per heavy atom. The molecule has 0 aliphatic rings. The van der Waals surface area contributed by atoms with E-state index in [0.717, 1.165) is 12.3 Å². The molecule has 1 amide bonds. The van der Waals surface area contributed by atoms with E-state index >= 15 is 0 Å². The van der Waals surface area contributed by atoms with E-state index in [4.69, 9.17) is 5.11 Å². The first-order valence-electron chi connectivity index (χ1n) is 4.95. The molecule has 0 spiro atoms. The Labute approximate surface area is 110 Å². The Morgan fingerprint density at radius 1 is 1.47 bits per heavy atom. The number of carbonyl (C=O) groups is 2. The predicted molar refractivity (Wildman–Crippen MR) is 60.7 cm³/mol. The van der Waals surface area contributed by atoms with Gasteiger partial charge in [-0.25, -0.2) is 4.98 Å². The lowest BCUT2D eigenvalue weighted by molar-refractivity contribution is -0.138. The van der Waals surface area contributed by atoms with Gasteiger partial charge >= 0.3 is 11.5 Å². The van der Waals surface area contributed by atoms with Gasteiger partial charge in [-0.3, -0.25) is 9.59 Å². The van der Waals surface area contributed by atoms with E-state index in [2.05, 4.69) is 10.3 Å². The molecule has 0 radical (unpaired) electrons. The first-order valence-corrected chi connectivity index (χ1v) is 5.77. The molecule has 19 heavy (non-hydrogen) atoms. The average molecular weight is 294 g/mol. The fourth-order valence-corrected chi connectivity index (χ4v) is 1.69. The summed E-state index contributed by atoms with van der Waals surface area (Å²) in [5.74, 6) is -2.21. The van der Waals surface area contributed by atoms with Crippen molar-refractivity contribution in [2.45, 2.75) is 23.5 Å². The summed E-state index contributed by atoms with van der Waals surface area (Å²) in [4.78, 5) is 25.7. The molecule has 0 aliphatic heterocycles. The number of carboxylic acids is 1. The number of amides is 1. The Kier molecular flexibility index (Phi) is 4.76. The molecule has 5 nitrogen and oxygen atoms in total. The maximum absolute atomic E-state index is 12.3. The number of nitrogens with zero attached hydrogens (tertiary/aromatic N) is 1. The predicted octanol–water partition coefficient (Wildman–Crippen LogP) is 1.90. The molecule has 0 unspecified atom stereocenters. The van der Waals surface area contributed by atoms with Crippen LogP contribution in [-0.2, 0) is 4.79 Å². The third-order valence-electron chi connectivity index (χ3n) is 1.95. The van der Waals surface area contributed by atoms with Crippen LogP contribution in [0.1, 0.15) is 17.3 Å². The minimum Gasteiger partial charge on any atom is -0.480 e. The number of halogens is 3. The average Bonchev–Trinajstić information content (AvgIpc) is 2.27. The van der Waals surface area contributed by atoms with Crippen LogP contribution < -0.4 is 5.32 Å². The number of aliphatic carboxylic acids is 1. The summed E-state index contributed by atoms with van der Waals surface area (Å²) >= 11 is -0.528. The molecule has 0 aromatic carbocycles. The molecule has 1 heterocycles. The van der Waals surface area contributed by atoms with Gasteiger partial charge in [0.1, 0.15) is 11.1 Å². The number of pyridine rings is 1.